The third-order valence-electron chi connectivity index (χ3n) is 17.2. The Morgan fingerprint density at radius 1 is 0.256 bits per heavy atom. The molecule has 0 saturated carbocycles. The third kappa shape index (κ3) is 5.92. The first-order valence-electron chi connectivity index (χ1n) is 26.8. The van der Waals surface area contributed by atoms with Crippen LogP contribution in [0.25, 0.3) is 64.7 Å². The molecule has 0 radical (unpaired) electrons. The summed E-state index contributed by atoms with van der Waals surface area (Å²) in [4.78, 5) is 2.43. The molecule has 2 aliphatic heterocycles. The predicted octanol–water partition coefficient (Wildman–Crippen LogP) is 19.8. The van der Waals surface area contributed by atoms with Crippen molar-refractivity contribution in [2.75, 3.05) is 4.90 Å². The van der Waals surface area contributed by atoms with Crippen LogP contribution in [-0.4, -0.2) is 0 Å². The molecule has 2 spiro atoms. The van der Waals surface area contributed by atoms with Gasteiger partial charge < -0.3 is 14.4 Å². The van der Waals surface area contributed by atoms with Crippen LogP contribution in [0, 0.1) is 0 Å². The summed E-state index contributed by atoms with van der Waals surface area (Å²) in [5.74, 6) is 3.57. The van der Waals surface area contributed by atoms with Gasteiger partial charge in [-0.1, -0.05) is 194 Å². The second-order valence-electron chi connectivity index (χ2n) is 21.0. The number of nitrogens with zero attached hydrogens (tertiary/aromatic N) is 1. The number of anilines is 3. The minimum Gasteiger partial charge on any atom is -0.457 e. The van der Waals surface area contributed by atoms with Crippen LogP contribution in [0.4, 0.5) is 17.1 Å². The Balaban J connectivity index is 0.818. The number of rotatable bonds is 5. The lowest BCUT2D eigenvalue weighted by Crippen LogP contribution is -2.32. The first-order valence-corrected chi connectivity index (χ1v) is 27.6. The van der Waals surface area contributed by atoms with Crippen molar-refractivity contribution in [2.24, 2.45) is 0 Å². The van der Waals surface area contributed by atoms with Crippen molar-refractivity contribution in [3.8, 4) is 67.5 Å². The van der Waals surface area contributed by atoms with Crippen molar-refractivity contribution >= 4 is 48.6 Å². The highest BCUT2D eigenvalue weighted by atomic mass is 32.1. The van der Waals surface area contributed by atoms with Crippen molar-refractivity contribution in [1.82, 2.24) is 0 Å². The molecule has 0 bridgehead atoms. The summed E-state index contributed by atoms with van der Waals surface area (Å²) in [7, 11) is 0. The Labute approximate surface area is 456 Å². The van der Waals surface area contributed by atoms with Gasteiger partial charge in [-0.25, -0.2) is 0 Å². The van der Waals surface area contributed by atoms with Crippen LogP contribution in [0.5, 0.6) is 23.0 Å². The van der Waals surface area contributed by atoms with Gasteiger partial charge in [0.1, 0.15) is 23.0 Å². The molecule has 3 heterocycles. The lowest BCUT2D eigenvalue weighted by molar-refractivity contribution is 0.436. The first kappa shape index (κ1) is 43.5. The summed E-state index contributed by atoms with van der Waals surface area (Å²) in [6.07, 6.45) is 0. The Bertz CT molecular complexity index is 4550. The van der Waals surface area contributed by atoms with Crippen molar-refractivity contribution in [2.45, 2.75) is 10.8 Å². The van der Waals surface area contributed by atoms with Crippen molar-refractivity contribution in [3.63, 3.8) is 0 Å². The molecule has 0 amide bonds. The molecular formula is C74H45NO2S. The van der Waals surface area contributed by atoms with Gasteiger partial charge in [-0.3, -0.25) is 0 Å². The number of hydrogen-bond acceptors (Lipinski definition) is 4. The monoisotopic (exact) mass is 1010 g/mol. The highest BCUT2D eigenvalue weighted by molar-refractivity contribution is 7.25. The molecule has 78 heavy (non-hydrogen) atoms. The molecule has 0 saturated heterocycles. The van der Waals surface area contributed by atoms with Gasteiger partial charge >= 0.3 is 0 Å². The van der Waals surface area contributed by atoms with Gasteiger partial charge in [-0.05, 0) is 146 Å². The van der Waals surface area contributed by atoms with Crippen molar-refractivity contribution in [3.05, 3.63) is 317 Å². The van der Waals surface area contributed by atoms with Gasteiger partial charge in [0.15, 0.2) is 0 Å². The number of hydrogen-bond donors (Lipinski definition) is 0. The van der Waals surface area contributed by atoms with Crippen LogP contribution in [0.1, 0.15) is 44.5 Å². The fourth-order valence-electron chi connectivity index (χ4n) is 14.0. The van der Waals surface area contributed by atoms with Gasteiger partial charge in [0.2, 0.25) is 0 Å². The third-order valence-corrected chi connectivity index (χ3v) is 18.4. The summed E-state index contributed by atoms with van der Waals surface area (Å²) in [5, 5.41) is 2.62. The summed E-state index contributed by atoms with van der Waals surface area (Å²) in [6.45, 7) is 0. The van der Waals surface area contributed by atoms with E-state index in [9.17, 15) is 0 Å². The Morgan fingerprint density at radius 2 is 0.654 bits per heavy atom. The van der Waals surface area contributed by atoms with Crippen LogP contribution in [0.2, 0.25) is 0 Å². The molecule has 2 aliphatic carbocycles. The molecule has 13 aromatic rings. The van der Waals surface area contributed by atoms with Crippen LogP contribution < -0.4 is 14.4 Å². The Hall–Kier alpha value is -9.74. The van der Waals surface area contributed by atoms with Crippen LogP contribution in [0.3, 0.4) is 0 Å². The number of benzene rings is 12. The summed E-state index contributed by atoms with van der Waals surface area (Å²) >= 11 is 1.86. The van der Waals surface area contributed by atoms with E-state index in [1.165, 1.54) is 92.5 Å². The average Bonchev–Trinajstić information content (AvgIpc) is 4.13. The van der Waals surface area contributed by atoms with E-state index in [0.29, 0.717) is 0 Å². The second-order valence-corrected chi connectivity index (χ2v) is 22.1. The fraction of sp³-hybridized carbons (Fsp3) is 0.0270. The zero-order valence-electron chi connectivity index (χ0n) is 42.2. The van der Waals surface area contributed by atoms with Gasteiger partial charge in [0.25, 0.3) is 0 Å². The number of para-hydroxylation sites is 4. The van der Waals surface area contributed by atoms with Crippen LogP contribution >= 0.6 is 11.3 Å². The summed E-state index contributed by atoms with van der Waals surface area (Å²) < 4.78 is 16.0. The van der Waals surface area contributed by atoms with Gasteiger partial charge in [0.05, 0.1) is 10.8 Å². The molecule has 4 aliphatic rings. The standard InChI is InChI=1S/C74H45NO2S/c1-4-18-59-53(15-1)55-41-39-52(45-66(55)74(59)64-22-8-12-26-69(64)77-70-27-13-9-23-65(70)74)75(51-37-31-47(32-38-51)49-33-40-57-56-17-3-14-28-71(56)78-72(57)44-49)50-35-29-46(30-36-50)48-34-42-61-58(43-48)54-16-2-5-19-60(54)73(61)62-20-6-10-24-67(62)76-68-25-11-7-21-63(68)73/h1-45H. The van der Waals surface area contributed by atoms with E-state index in [2.05, 4.69) is 278 Å². The topological polar surface area (TPSA) is 21.7 Å². The molecule has 0 unspecified atom stereocenters. The molecule has 12 aromatic carbocycles. The van der Waals surface area contributed by atoms with E-state index in [1.807, 2.05) is 11.3 Å². The molecule has 0 atom stereocenters. The number of fused-ring (bicyclic) bond motifs is 21. The normalized spacial score (nSPS) is 14.1. The Kier molecular flexibility index (Phi) is 9.14. The maximum absolute atomic E-state index is 6.73. The lowest BCUT2D eigenvalue weighted by atomic mass is 9.66. The fourth-order valence-corrected chi connectivity index (χ4v) is 15.1. The van der Waals surface area contributed by atoms with E-state index in [-0.39, 0.29) is 0 Å². The molecule has 0 N–H and O–H groups in total. The number of thiophene rings is 1. The zero-order chi connectivity index (χ0) is 51.1. The molecule has 0 fully saturated rings. The highest BCUT2D eigenvalue weighted by Crippen LogP contribution is 2.64. The minimum atomic E-state index is -0.600. The van der Waals surface area contributed by atoms with Gasteiger partial charge in [-0.2, -0.15) is 0 Å². The smallest absolute Gasteiger partial charge is 0.132 e. The lowest BCUT2D eigenvalue weighted by Gasteiger charge is -2.39. The summed E-state index contributed by atoms with van der Waals surface area (Å²) in [5.41, 5.74) is 21.5. The van der Waals surface area contributed by atoms with E-state index >= 15 is 0 Å². The maximum Gasteiger partial charge on any atom is 0.132 e. The van der Waals surface area contributed by atoms with Crippen LogP contribution in [-0.2, 0) is 10.8 Å². The van der Waals surface area contributed by atoms with E-state index in [1.54, 1.807) is 0 Å². The zero-order valence-corrected chi connectivity index (χ0v) is 43.0. The molecule has 3 nitrogen and oxygen atoms in total. The first-order chi connectivity index (χ1) is 38.6. The molecular weight excluding hydrogens is 967 g/mol. The predicted molar refractivity (Wildman–Crippen MR) is 320 cm³/mol. The van der Waals surface area contributed by atoms with Gasteiger partial charge in [-0.15, -0.1) is 11.3 Å². The largest absolute Gasteiger partial charge is 0.457 e. The van der Waals surface area contributed by atoms with Crippen molar-refractivity contribution < 1.29 is 9.47 Å². The van der Waals surface area contributed by atoms with E-state index in [0.717, 1.165) is 56.8 Å². The van der Waals surface area contributed by atoms with E-state index < -0.39 is 10.8 Å². The van der Waals surface area contributed by atoms with Crippen LogP contribution in [0.15, 0.2) is 273 Å². The van der Waals surface area contributed by atoms with Crippen molar-refractivity contribution in [1.29, 1.82) is 0 Å². The van der Waals surface area contributed by atoms with E-state index in [4.69, 9.17) is 9.47 Å². The average molecular weight is 1010 g/mol. The quantitative estimate of drug-likeness (QED) is 0.171. The molecule has 4 heteroatoms. The number of ether oxygens (including phenoxy) is 2. The highest BCUT2D eigenvalue weighted by Gasteiger charge is 2.52. The maximum atomic E-state index is 6.73. The Morgan fingerprint density at radius 3 is 1.23 bits per heavy atom. The molecule has 17 rings (SSSR count). The second kappa shape index (κ2) is 16.4. The molecule has 1 aromatic heterocycles. The molecule has 364 valence electrons. The SMILES string of the molecule is c1ccc2c(c1)Oc1ccccc1C21c2ccccc2-c2cc(-c3ccc(N(c4ccc(-c5ccc6c(c5)sc5ccccc56)cc4)c4ccc5c(c4)C4(c6ccccc6Oc6ccccc64)c4ccccc4-5)cc3)ccc21. The minimum absolute atomic E-state index is 0.508. The van der Waals surface area contributed by atoms with Gasteiger partial charge in [0, 0.05) is 59.5 Å². The summed E-state index contributed by atoms with van der Waals surface area (Å²) in [6, 6.07) is 100.